The Morgan fingerprint density at radius 2 is 2.08 bits per heavy atom. The van der Waals surface area contributed by atoms with Crippen molar-refractivity contribution in [2.75, 3.05) is 0 Å². The predicted molar refractivity (Wildman–Crippen MR) is 49.8 cm³/mol. The van der Waals surface area contributed by atoms with E-state index in [4.69, 9.17) is 0 Å². The molecule has 1 nitrogen and oxygen atoms in total. The lowest BCUT2D eigenvalue weighted by atomic mass is 9.76. The van der Waals surface area contributed by atoms with Crippen LogP contribution in [-0.4, -0.2) is 10.7 Å². The number of fused-ring (bicyclic) bond motifs is 1. The van der Waals surface area contributed by atoms with Gasteiger partial charge < -0.3 is 5.11 Å². The van der Waals surface area contributed by atoms with Crippen LogP contribution in [0.1, 0.15) is 39.0 Å². The largest absolute Gasteiger partial charge is 0.390 e. The third-order valence-electron chi connectivity index (χ3n) is 3.67. The molecule has 0 aliphatic heterocycles. The Hall–Kier alpha value is -0.300. The Bertz CT molecular complexity index is 205. The molecule has 0 aromatic carbocycles. The van der Waals surface area contributed by atoms with E-state index in [1.54, 1.807) is 0 Å². The summed E-state index contributed by atoms with van der Waals surface area (Å²) >= 11 is 0. The molecule has 0 spiro atoms. The summed E-state index contributed by atoms with van der Waals surface area (Å²) in [6, 6.07) is 0. The average Bonchev–Trinajstić information content (AvgIpc) is 2.25. The van der Waals surface area contributed by atoms with Gasteiger partial charge >= 0.3 is 0 Å². The molecule has 0 unspecified atom stereocenters. The molecule has 0 bridgehead atoms. The minimum atomic E-state index is -0.442. The fourth-order valence-corrected chi connectivity index (χ4v) is 3.09. The Morgan fingerprint density at radius 3 is 2.75 bits per heavy atom. The maximum Gasteiger partial charge on any atom is 0.0690 e. The van der Waals surface area contributed by atoms with E-state index in [1.807, 2.05) is 6.92 Å². The van der Waals surface area contributed by atoms with Gasteiger partial charge in [-0.25, -0.2) is 0 Å². The third-order valence-corrected chi connectivity index (χ3v) is 3.67. The van der Waals surface area contributed by atoms with Crippen molar-refractivity contribution in [2.24, 2.45) is 11.8 Å². The van der Waals surface area contributed by atoms with Gasteiger partial charge in [-0.3, -0.25) is 0 Å². The van der Waals surface area contributed by atoms with Crippen molar-refractivity contribution in [1.29, 1.82) is 0 Å². The summed E-state index contributed by atoms with van der Waals surface area (Å²) in [4.78, 5) is 0. The van der Waals surface area contributed by atoms with Crippen molar-refractivity contribution in [1.82, 2.24) is 0 Å². The summed E-state index contributed by atoms with van der Waals surface area (Å²) in [5.41, 5.74) is 0.854. The molecule has 0 heterocycles. The highest BCUT2D eigenvalue weighted by atomic mass is 16.3. The molecule has 68 valence electrons. The van der Waals surface area contributed by atoms with Gasteiger partial charge in [-0.2, -0.15) is 0 Å². The van der Waals surface area contributed by atoms with Crippen LogP contribution in [0.5, 0.6) is 0 Å². The quantitative estimate of drug-likeness (QED) is 0.548. The molecule has 2 aliphatic rings. The van der Waals surface area contributed by atoms with Gasteiger partial charge in [0.25, 0.3) is 0 Å². The Morgan fingerprint density at radius 1 is 1.42 bits per heavy atom. The van der Waals surface area contributed by atoms with Crippen LogP contribution in [0.3, 0.4) is 0 Å². The maximum atomic E-state index is 10.1. The maximum absolute atomic E-state index is 10.1. The second-order valence-electron chi connectivity index (χ2n) is 4.69. The monoisotopic (exact) mass is 166 g/mol. The molecule has 0 aromatic rings. The Kier molecular flexibility index (Phi) is 1.80. The normalized spacial score (nSPS) is 47.7. The van der Waals surface area contributed by atoms with E-state index in [9.17, 15) is 5.11 Å². The lowest BCUT2D eigenvalue weighted by molar-refractivity contribution is -0.00194. The van der Waals surface area contributed by atoms with Gasteiger partial charge in [0.05, 0.1) is 5.60 Å². The highest BCUT2D eigenvalue weighted by Gasteiger charge is 2.46. The van der Waals surface area contributed by atoms with E-state index >= 15 is 0 Å². The zero-order chi connectivity index (χ0) is 8.77. The molecule has 2 saturated carbocycles. The van der Waals surface area contributed by atoms with Gasteiger partial charge in [0, 0.05) is 0 Å². The first-order chi connectivity index (χ1) is 5.61. The Labute approximate surface area is 74.5 Å². The van der Waals surface area contributed by atoms with E-state index < -0.39 is 5.60 Å². The number of hydrogen-bond donors (Lipinski definition) is 1. The van der Waals surface area contributed by atoms with Crippen molar-refractivity contribution in [3.8, 4) is 0 Å². The van der Waals surface area contributed by atoms with Gasteiger partial charge in [0.1, 0.15) is 0 Å². The number of hydrogen-bond acceptors (Lipinski definition) is 1. The molecule has 12 heavy (non-hydrogen) atoms. The fraction of sp³-hybridized carbons (Fsp3) is 0.818. The molecule has 3 atom stereocenters. The molecule has 0 aromatic heterocycles. The summed E-state index contributed by atoms with van der Waals surface area (Å²) in [5.74, 6) is 1.15. The van der Waals surface area contributed by atoms with Gasteiger partial charge in [0.2, 0.25) is 0 Å². The summed E-state index contributed by atoms with van der Waals surface area (Å²) in [6.07, 6.45) is 5.93. The first-order valence-corrected chi connectivity index (χ1v) is 5.01. The molecule has 2 aliphatic carbocycles. The zero-order valence-corrected chi connectivity index (χ0v) is 7.84. The van der Waals surface area contributed by atoms with Gasteiger partial charge in [-0.15, -0.1) is 0 Å². The standard InChI is InChI=1S/C11H18O/c1-8-7-11(2,12)10-6-4-3-5-9(8)10/h9-10,12H,1,3-7H2,2H3/t9-,10-,11-/m1/s1. The molecular weight excluding hydrogens is 148 g/mol. The van der Waals surface area contributed by atoms with Gasteiger partial charge in [0.15, 0.2) is 0 Å². The van der Waals surface area contributed by atoms with Crippen molar-refractivity contribution in [2.45, 2.75) is 44.6 Å². The van der Waals surface area contributed by atoms with E-state index in [0.29, 0.717) is 11.8 Å². The van der Waals surface area contributed by atoms with Crippen molar-refractivity contribution < 1.29 is 5.11 Å². The smallest absolute Gasteiger partial charge is 0.0690 e. The SMILES string of the molecule is C=C1C[C@@](C)(O)[C@@H]2CCCC[C@H]12. The van der Waals surface area contributed by atoms with Crippen molar-refractivity contribution in [3.05, 3.63) is 12.2 Å². The molecule has 2 rings (SSSR count). The van der Waals surface area contributed by atoms with Crippen LogP contribution in [0.25, 0.3) is 0 Å². The van der Waals surface area contributed by atoms with Crippen LogP contribution >= 0.6 is 0 Å². The second-order valence-corrected chi connectivity index (χ2v) is 4.69. The number of aliphatic hydroxyl groups is 1. The predicted octanol–water partition coefficient (Wildman–Crippen LogP) is 2.50. The lowest BCUT2D eigenvalue weighted by Gasteiger charge is -2.32. The first-order valence-electron chi connectivity index (χ1n) is 5.01. The highest BCUT2D eigenvalue weighted by Crippen LogP contribution is 2.50. The van der Waals surface area contributed by atoms with Crippen LogP contribution < -0.4 is 0 Å². The van der Waals surface area contributed by atoms with Crippen LogP contribution in [-0.2, 0) is 0 Å². The van der Waals surface area contributed by atoms with E-state index in [1.165, 1.54) is 31.3 Å². The van der Waals surface area contributed by atoms with Gasteiger partial charge in [-0.05, 0) is 38.0 Å². The van der Waals surface area contributed by atoms with E-state index in [-0.39, 0.29) is 0 Å². The van der Waals surface area contributed by atoms with Crippen LogP contribution in [0, 0.1) is 11.8 Å². The molecule has 2 fully saturated rings. The average molecular weight is 166 g/mol. The second kappa shape index (κ2) is 2.59. The number of rotatable bonds is 0. The summed E-state index contributed by atoms with van der Waals surface area (Å²) in [5, 5.41) is 10.1. The van der Waals surface area contributed by atoms with Crippen LogP contribution in [0.15, 0.2) is 12.2 Å². The van der Waals surface area contributed by atoms with Crippen molar-refractivity contribution >= 4 is 0 Å². The lowest BCUT2D eigenvalue weighted by Crippen LogP contribution is -2.33. The van der Waals surface area contributed by atoms with E-state index in [2.05, 4.69) is 6.58 Å². The molecule has 0 saturated heterocycles. The van der Waals surface area contributed by atoms with Crippen molar-refractivity contribution in [3.63, 3.8) is 0 Å². The summed E-state index contributed by atoms with van der Waals surface area (Å²) in [7, 11) is 0. The molecule has 0 radical (unpaired) electrons. The molecular formula is C11H18O. The van der Waals surface area contributed by atoms with Crippen LogP contribution in [0.2, 0.25) is 0 Å². The third kappa shape index (κ3) is 1.11. The molecule has 1 N–H and O–H groups in total. The minimum absolute atomic E-state index is 0.442. The first kappa shape index (κ1) is 8.31. The van der Waals surface area contributed by atoms with Crippen LogP contribution in [0.4, 0.5) is 0 Å². The topological polar surface area (TPSA) is 20.2 Å². The van der Waals surface area contributed by atoms with E-state index in [0.717, 1.165) is 6.42 Å². The fourth-order valence-electron chi connectivity index (χ4n) is 3.09. The highest BCUT2D eigenvalue weighted by molar-refractivity contribution is 5.17. The van der Waals surface area contributed by atoms with Gasteiger partial charge in [-0.1, -0.05) is 25.0 Å². The Balaban J connectivity index is 2.22. The summed E-state index contributed by atoms with van der Waals surface area (Å²) in [6.45, 7) is 6.05. The zero-order valence-electron chi connectivity index (χ0n) is 7.84. The minimum Gasteiger partial charge on any atom is -0.390 e. The molecule has 1 heteroatoms. The summed E-state index contributed by atoms with van der Waals surface area (Å²) < 4.78 is 0. The molecule has 0 amide bonds.